The average molecular weight is 480 g/mol. The van der Waals surface area contributed by atoms with Crippen LogP contribution in [0, 0.1) is 11.6 Å². The Morgan fingerprint density at radius 2 is 0.750 bits per heavy atom. The van der Waals surface area contributed by atoms with E-state index < -0.39 is 35.3 Å². The molecule has 2 heterocycles. The second-order valence-electron chi connectivity index (χ2n) is 8.36. The number of fused-ring (bicyclic) bond motifs is 2. The Morgan fingerprint density at radius 3 is 1.11 bits per heavy atom. The van der Waals surface area contributed by atoms with E-state index in [-0.39, 0.29) is 33.6 Å². The zero-order valence-electron chi connectivity index (χ0n) is 18.4. The maximum atomic E-state index is 13.3. The van der Waals surface area contributed by atoms with E-state index in [1.54, 1.807) is 24.3 Å². The van der Waals surface area contributed by atoms with Crippen LogP contribution in [0.4, 0.5) is 20.2 Å². The minimum absolute atomic E-state index is 0.178. The third kappa shape index (κ3) is 3.15. The molecule has 4 amide bonds. The molecule has 0 aliphatic carbocycles. The van der Waals surface area contributed by atoms with E-state index in [0.717, 1.165) is 9.80 Å². The first-order valence-electron chi connectivity index (χ1n) is 10.9. The van der Waals surface area contributed by atoms with Crippen LogP contribution in [0.15, 0.2) is 84.9 Å². The zero-order valence-corrected chi connectivity index (χ0v) is 18.4. The van der Waals surface area contributed by atoms with Crippen LogP contribution in [0.1, 0.15) is 41.4 Å². The van der Waals surface area contributed by atoms with Crippen molar-refractivity contribution in [3.63, 3.8) is 0 Å². The standard InChI is InChI=1S/C28H14F2N2O4/c29-17-3-7-19(8-4-17)31-25(33)21-11-1-15(13-23(21)27(31)35)16-2-12-22-24(14-16)28(36)32(26(22)34)20-9-5-18(30)6-10-20/h1-14H. The van der Waals surface area contributed by atoms with Crippen LogP contribution in [0.3, 0.4) is 0 Å². The zero-order chi connectivity index (χ0) is 25.1. The number of halogens is 2. The summed E-state index contributed by atoms with van der Waals surface area (Å²) in [4.78, 5) is 53.8. The van der Waals surface area contributed by atoms with E-state index in [1.165, 1.54) is 60.7 Å². The molecule has 0 bridgehead atoms. The highest BCUT2D eigenvalue weighted by atomic mass is 19.1. The number of carbonyl (C=O) groups is 4. The summed E-state index contributed by atoms with van der Waals surface area (Å²) in [6.07, 6.45) is 0. The van der Waals surface area contributed by atoms with Gasteiger partial charge in [0.2, 0.25) is 0 Å². The number of benzene rings is 4. The Balaban J connectivity index is 1.35. The Hall–Kier alpha value is -4.98. The van der Waals surface area contributed by atoms with Crippen molar-refractivity contribution >= 4 is 35.0 Å². The molecule has 0 radical (unpaired) electrons. The molecule has 0 unspecified atom stereocenters. The van der Waals surface area contributed by atoms with Crippen LogP contribution in [0.25, 0.3) is 11.1 Å². The minimum Gasteiger partial charge on any atom is -0.268 e. The van der Waals surface area contributed by atoms with E-state index in [0.29, 0.717) is 11.1 Å². The van der Waals surface area contributed by atoms with E-state index in [9.17, 15) is 28.0 Å². The molecule has 4 aromatic carbocycles. The molecule has 0 N–H and O–H groups in total. The molecule has 2 aliphatic rings. The summed E-state index contributed by atoms with van der Waals surface area (Å²) in [5.74, 6) is -3.09. The largest absolute Gasteiger partial charge is 0.268 e. The first kappa shape index (κ1) is 21.5. The van der Waals surface area contributed by atoms with Crippen molar-refractivity contribution in [2.45, 2.75) is 0 Å². The van der Waals surface area contributed by atoms with Crippen LogP contribution < -0.4 is 9.80 Å². The van der Waals surface area contributed by atoms with E-state index in [1.807, 2.05) is 0 Å². The van der Waals surface area contributed by atoms with E-state index in [4.69, 9.17) is 0 Å². The molecule has 0 aromatic heterocycles. The molecular formula is C28H14F2N2O4. The van der Waals surface area contributed by atoms with Gasteiger partial charge >= 0.3 is 0 Å². The third-order valence-corrected chi connectivity index (χ3v) is 6.28. The van der Waals surface area contributed by atoms with Gasteiger partial charge in [0.05, 0.1) is 33.6 Å². The summed E-state index contributed by atoms with van der Waals surface area (Å²) in [6.45, 7) is 0. The van der Waals surface area contributed by atoms with Crippen molar-refractivity contribution < 1.29 is 28.0 Å². The van der Waals surface area contributed by atoms with Crippen molar-refractivity contribution in [1.82, 2.24) is 0 Å². The SMILES string of the molecule is O=C1c2ccc(-c3ccc4c(c3)C(=O)N(c3ccc(F)cc3)C4=O)cc2C(=O)N1c1ccc(F)cc1. The lowest BCUT2D eigenvalue weighted by atomic mass is 9.97. The van der Waals surface area contributed by atoms with Gasteiger partial charge < -0.3 is 0 Å². The van der Waals surface area contributed by atoms with Gasteiger partial charge in [-0.2, -0.15) is 0 Å². The lowest BCUT2D eigenvalue weighted by Gasteiger charge is -2.13. The summed E-state index contributed by atoms with van der Waals surface area (Å²) in [7, 11) is 0. The number of rotatable bonds is 3. The quantitative estimate of drug-likeness (QED) is 0.376. The smallest absolute Gasteiger partial charge is 0.266 e. The molecule has 174 valence electrons. The molecule has 2 aliphatic heterocycles. The first-order chi connectivity index (χ1) is 17.3. The van der Waals surface area contributed by atoms with Crippen molar-refractivity contribution in [2.75, 3.05) is 9.80 Å². The number of carbonyl (C=O) groups excluding carboxylic acids is 4. The normalized spacial score (nSPS) is 14.5. The number of nitrogens with zero attached hydrogens (tertiary/aromatic N) is 2. The maximum Gasteiger partial charge on any atom is 0.266 e. The van der Waals surface area contributed by atoms with Gasteiger partial charge in [0.15, 0.2) is 0 Å². The lowest BCUT2D eigenvalue weighted by Crippen LogP contribution is -2.29. The average Bonchev–Trinajstić information content (AvgIpc) is 3.29. The Bertz CT molecular complexity index is 1510. The van der Waals surface area contributed by atoms with Crippen molar-refractivity contribution in [3.05, 3.63) is 119 Å². The van der Waals surface area contributed by atoms with Gasteiger partial charge in [-0.3, -0.25) is 19.2 Å². The molecule has 0 atom stereocenters. The highest BCUT2D eigenvalue weighted by molar-refractivity contribution is 6.35. The molecule has 0 saturated heterocycles. The number of hydrogen-bond acceptors (Lipinski definition) is 4. The Morgan fingerprint density at radius 1 is 0.417 bits per heavy atom. The van der Waals surface area contributed by atoms with Gasteiger partial charge in [0, 0.05) is 0 Å². The fraction of sp³-hybridized carbons (Fsp3) is 0. The van der Waals surface area contributed by atoms with Crippen molar-refractivity contribution in [1.29, 1.82) is 0 Å². The number of anilines is 2. The highest BCUT2D eigenvalue weighted by Gasteiger charge is 2.38. The fourth-order valence-electron chi connectivity index (χ4n) is 4.49. The molecule has 6 nitrogen and oxygen atoms in total. The van der Waals surface area contributed by atoms with Crippen molar-refractivity contribution in [3.8, 4) is 11.1 Å². The molecule has 8 heteroatoms. The number of hydrogen-bond donors (Lipinski definition) is 0. The predicted molar refractivity (Wildman–Crippen MR) is 127 cm³/mol. The van der Waals surface area contributed by atoms with Gasteiger partial charge in [-0.15, -0.1) is 0 Å². The maximum absolute atomic E-state index is 13.3. The second kappa shape index (κ2) is 7.78. The van der Waals surface area contributed by atoms with Crippen molar-refractivity contribution in [2.24, 2.45) is 0 Å². The van der Waals surface area contributed by atoms with Gasteiger partial charge in [0.25, 0.3) is 23.6 Å². The lowest BCUT2D eigenvalue weighted by molar-refractivity contribution is 0.0910. The van der Waals surface area contributed by atoms with Crippen LogP contribution in [0.2, 0.25) is 0 Å². The monoisotopic (exact) mass is 480 g/mol. The van der Waals surface area contributed by atoms with Crippen LogP contribution >= 0.6 is 0 Å². The third-order valence-electron chi connectivity index (χ3n) is 6.28. The van der Waals surface area contributed by atoms with Gasteiger partial charge in [-0.25, -0.2) is 18.6 Å². The Kier molecular flexibility index (Phi) is 4.65. The number of amides is 4. The van der Waals surface area contributed by atoms with Crippen LogP contribution in [-0.2, 0) is 0 Å². The topological polar surface area (TPSA) is 74.8 Å². The Labute approximate surface area is 203 Å². The van der Waals surface area contributed by atoms with E-state index >= 15 is 0 Å². The van der Waals surface area contributed by atoms with Gasteiger partial charge in [-0.1, -0.05) is 12.1 Å². The molecular weight excluding hydrogens is 466 g/mol. The summed E-state index contributed by atoms with van der Waals surface area (Å²) >= 11 is 0. The summed E-state index contributed by atoms with van der Waals surface area (Å²) in [5, 5.41) is 0. The molecule has 36 heavy (non-hydrogen) atoms. The van der Waals surface area contributed by atoms with Gasteiger partial charge in [-0.05, 0) is 83.9 Å². The first-order valence-corrected chi connectivity index (χ1v) is 10.9. The summed E-state index contributed by atoms with van der Waals surface area (Å²) in [6, 6.07) is 19.6. The molecule has 0 fully saturated rings. The van der Waals surface area contributed by atoms with Crippen LogP contribution in [0.5, 0.6) is 0 Å². The summed E-state index contributed by atoms with van der Waals surface area (Å²) < 4.78 is 26.6. The van der Waals surface area contributed by atoms with Gasteiger partial charge in [0.1, 0.15) is 11.6 Å². The molecule has 4 aromatic rings. The minimum atomic E-state index is -0.543. The molecule has 0 saturated carbocycles. The summed E-state index contributed by atoms with van der Waals surface area (Å²) in [5.41, 5.74) is 2.43. The second-order valence-corrected chi connectivity index (χ2v) is 8.36. The predicted octanol–water partition coefficient (Wildman–Crippen LogP) is 5.23. The van der Waals surface area contributed by atoms with E-state index in [2.05, 4.69) is 0 Å². The number of imide groups is 2. The highest BCUT2D eigenvalue weighted by Crippen LogP contribution is 2.35. The fourth-order valence-corrected chi connectivity index (χ4v) is 4.49. The van der Waals surface area contributed by atoms with Crippen LogP contribution in [-0.4, -0.2) is 23.6 Å². The molecule has 0 spiro atoms. The molecule has 6 rings (SSSR count).